The summed E-state index contributed by atoms with van der Waals surface area (Å²) in [5.41, 5.74) is 1.21. The molecule has 1 fully saturated rings. The molecule has 3 heterocycles. The minimum atomic E-state index is 0.0120. The Labute approximate surface area is 160 Å². The molecular weight excluding hydrogens is 370 g/mol. The Balaban J connectivity index is 1.53. The molecule has 8 heteroatoms. The highest BCUT2D eigenvalue weighted by Gasteiger charge is 2.27. The van der Waals surface area contributed by atoms with Crippen LogP contribution in [0.3, 0.4) is 0 Å². The predicted octanol–water partition coefficient (Wildman–Crippen LogP) is 2.21. The lowest BCUT2D eigenvalue weighted by atomic mass is 10.2. The molecule has 0 aromatic carbocycles. The third-order valence-corrected chi connectivity index (χ3v) is 7.20. The molecule has 0 N–H and O–H groups in total. The van der Waals surface area contributed by atoms with E-state index in [2.05, 4.69) is 0 Å². The van der Waals surface area contributed by atoms with Crippen molar-refractivity contribution >= 4 is 39.2 Å². The largest absolute Gasteiger partial charge is 0.372 e. The van der Waals surface area contributed by atoms with E-state index in [1.165, 1.54) is 22.2 Å². The topological polar surface area (TPSA) is 64.4 Å². The van der Waals surface area contributed by atoms with Crippen molar-refractivity contribution in [2.45, 2.75) is 50.5 Å². The van der Waals surface area contributed by atoms with Crippen molar-refractivity contribution in [1.29, 1.82) is 0 Å². The van der Waals surface area contributed by atoms with Crippen molar-refractivity contribution in [3.05, 3.63) is 20.8 Å². The van der Waals surface area contributed by atoms with Gasteiger partial charge in [0, 0.05) is 25.0 Å². The van der Waals surface area contributed by atoms with Gasteiger partial charge < -0.3 is 9.64 Å². The van der Waals surface area contributed by atoms with Gasteiger partial charge in [-0.2, -0.15) is 0 Å². The molecule has 1 amide bonds. The van der Waals surface area contributed by atoms with Gasteiger partial charge >= 0.3 is 0 Å². The van der Waals surface area contributed by atoms with Crippen molar-refractivity contribution in [1.82, 2.24) is 14.5 Å². The summed E-state index contributed by atoms with van der Waals surface area (Å²) in [5.74, 6) is 0.357. The Bertz CT molecular complexity index is 911. The molecule has 2 atom stereocenters. The van der Waals surface area contributed by atoms with Gasteiger partial charge in [0.2, 0.25) is 5.91 Å². The van der Waals surface area contributed by atoms with Crippen LogP contribution in [-0.2, 0) is 29.4 Å². The van der Waals surface area contributed by atoms with E-state index < -0.39 is 0 Å². The zero-order chi connectivity index (χ0) is 18.4. The first-order chi connectivity index (χ1) is 12.4. The van der Waals surface area contributed by atoms with E-state index in [0.717, 1.165) is 29.5 Å². The van der Waals surface area contributed by atoms with Crippen molar-refractivity contribution < 1.29 is 9.53 Å². The molecule has 0 bridgehead atoms. The molecule has 0 spiro atoms. The average molecular weight is 394 g/mol. The van der Waals surface area contributed by atoms with Crippen molar-refractivity contribution in [2.75, 3.05) is 18.8 Å². The summed E-state index contributed by atoms with van der Waals surface area (Å²) in [7, 11) is 1.75. The maximum atomic E-state index is 12.8. The van der Waals surface area contributed by atoms with Crippen LogP contribution in [-0.4, -0.2) is 51.4 Å². The fraction of sp³-hybridized carbons (Fsp3) is 0.611. The number of amides is 1. The van der Waals surface area contributed by atoms with E-state index in [9.17, 15) is 9.59 Å². The first-order valence-electron chi connectivity index (χ1n) is 9.01. The maximum Gasteiger partial charge on any atom is 0.262 e. The van der Waals surface area contributed by atoms with Crippen molar-refractivity contribution in [3.8, 4) is 0 Å². The Morgan fingerprint density at radius 3 is 2.77 bits per heavy atom. The molecule has 2 aromatic heterocycles. The summed E-state index contributed by atoms with van der Waals surface area (Å²) in [6.45, 7) is 5.20. The Kier molecular flexibility index (Phi) is 4.83. The predicted molar refractivity (Wildman–Crippen MR) is 104 cm³/mol. The van der Waals surface area contributed by atoms with Gasteiger partial charge in [0.25, 0.3) is 5.56 Å². The minimum Gasteiger partial charge on any atom is -0.372 e. The summed E-state index contributed by atoms with van der Waals surface area (Å²) in [5, 5.41) is 1.40. The monoisotopic (exact) mass is 393 g/mol. The molecule has 1 aliphatic carbocycles. The van der Waals surface area contributed by atoms with E-state index in [0.29, 0.717) is 18.2 Å². The number of hydrogen-bond donors (Lipinski definition) is 0. The maximum absolute atomic E-state index is 12.8. The third kappa shape index (κ3) is 3.18. The second-order valence-electron chi connectivity index (χ2n) is 7.14. The van der Waals surface area contributed by atoms with E-state index in [4.69, 9.17) is 9.72 Å². The van der Waals surface area contributed by atoms with E-state index in [1.54, 1.807) is 23.0 Å². The molecular formula is C18H23N3O3S2. The van der Waals surface area contributed by atoms with Gasteiger partial charge in [-0.25, -0.2) is 4.98 Å². The van der Waals surface area contributed by atoms with Gasteiger partial charge in [0.15, 0.2) is 5.16 Å². The normalized spacial score (nSPS) is 22.8. The van der Waals surface area contributed by atoms with Gasteiger partial charge in [-0.05, 0) is 38.7 Å². The van der Waals surface area contributed by atoms with E-state index in [1.807, 2.05) is 18.7 Å². The fourth-order valence-corrected chi connectivity index (χ4v) is 6.01. The van der Waals surface area contributed by atoms with Crippen LogP contribution < -0.4 is 5.56 Å². The van der Waals surface area contributed by atoms with Crippen LogP contribution in [0, 0.1) is 0 Å². The van der Waals surface area contributed by atoms with Crippen LogP contribution in [0.1, 0.15) is 30.7 Å². The number of fused-ring (bicyclic) bond motifs is 3. The molecule has 26 heavy (non-hydrogen) atoms. The van der Waals surface area contributed by atoms with Crippen molar-refractivity contribution in [3.63, 3.8) is 0 Å². The molecule has 6 nitrogen and oxygen atoms in total. The average Bonchev–Trinajstić information content (AvgIpc) is 3.16. The molecule has 0 unspecified atom stereocenters. The Hall–Kier alpha value is -1.38. The first-order valence-corrected chi connectivity index (χ1v) is 10.8. The number of nitrogens with zero attached hydrogens (tertiary/aromatic N) is 3. The number of carbonyl (C=O) groups is 1. The van der Waals surface area contributed by atoms with Crippen LogP contribution in [0.25, 0.3) is 10.2 Å². The van der Waals surface area contributed by atoms with E-state index >= 15 is 0 Å². The summed E-state index contributed by atoms with van der Waals surface area (Å²) < 4.78 is 7.28. The number of rotatable bonds is 3. The zero-order valence-corrected chi connectivity index (χ0v) is 16.9. The fourth-order valence-electron chi connectivity index (χ4n) is 3.83. The number of ether oxygens (including phenoxy) is 1. The number of carbonyl (C=O) groups excluding carboxylic acids is 1. The van der Waals surface area contributed by atoms with Gasteiger partial charge in [-0.15, -0.1) is 11.3 Å². The van der Waals surface area contributed by atoms with Gasteiger partial charge in [-0.1, -0.05) is 11.8 Å². The minimum absolute atomic E-state index is 0.0120. The molecule has 1 saturated heterocycles. The molecule has 0 radical (unpaired) electrons. The van der Waals surface area contributed by atoms with Crippen LogP contribution in [0.2, 0.25) is 0 Å². The molecule has 2 aliphatic rings. The second kappa shape index (κ2) is 6.98. The summed E-state index contributed by atoms with van der Waals surface area (Å²) in [6, 6.07) is 0. The van der Waals surface area contributed by atoms with E-state index in [-0.39, 0.29) is 29.4 Å². The summed E-state index contributed by atoms with van der Waals surface area (Å²) >= 11 is 2.98. The standard InChI is InChI=1S/C18H23N3O3S2/c1-10-7-21(8-11(2)24-10)14(22)9-25-18-19-16-15(17(23)20(18)3)12-5-4-6-13(12)26-16/h10-11H,4-9H2,1-3H3/t10-,11-/m0/s1. The van der Waals surface area contributed by atoms with Gasteiger partial charge in [0.1, 0.15) is 4.83 Å². The molecule has 1 aliphatic heterocycles. The van der Waals surface area contributed by atoms with Gasteiger partial charge in [-0.3, -0.25) is 14.2 Å². The lowest BCUT2D eigenvalue weighted by Crippen LogP contribution is -2.48. The highest BCUT2D eigenvalue weighted by Crippen LogP contribution is 2.35. The molecule has 140 valence electrons. The SMILES string of the molecule is C[C@H]1CN(C(=O)CSc2nc3sc4c(c3c(=O)n2C)CCC4)C[C@H](C)O1. The number of aromatic nitrogens is 2. The van der Waals surface area contributed by atoms with Crippen LogP contribution in [0.15, 0.2) is 9.95 Å². The zero-order valence-electron chi connectivity index (χ0n) is 15.3. The lowest BCUT2D eigenvalue weighted by molar-refractivity contribution is -0.140. The quantitative estimate of drug-likeness (QED) is 0.591. The second-order valence-corrected chi connectivity index (χ2v) is 9.17. The smallest absolute Gasteiger partial charge is 0.262 e. The van der Waals surface area contributed by atoms with Crippen molar-refractivity contribution in [2.24, 2.45) is 7.05 Å². The summed E-state index contributed by atoms with van der Waals surface area (Å²) in [4.78, 5) is 34.0. The number of morpholine rings is 1. The number of aryl methyl sites for hydroxylation is 2. The van der Waals surface area contributed by atoms with Crippen LogP contribution in [0.4, 0.5) is 0 Å². The number of thiophene rings is 1. The third-order valence-electron chi connectivity index (χ3n) is 5.00. The molecule has 2 aromatic rings. The first kappa shape index (κ1) is 18.0. The highest BCUT2D eigenvalue weighted by molar-refractivity contribution is 7.99. The number of hydrogen-bond acceptors (Lipinski definition) is 6. The Morgan fingerprint density at radius 2 is 2.04 bits per heavy atom. The van der Waals surface area contributed by atoms with Crippen LogP contribution in [0.5, 0.6) is 0 Å². The Morgan fingerprint density at radius 1 is 1.31 bits per heavy atom. The summed E-state index contributed by atoms with van der Waals surface area (Å²) in [6.07, 6.45) is 3.26. The molecule has 0 saturated carbocycles. The molecule has 4 rings (SSSR count). The van der Waals surface area contributed by atoms with Gasteiger partial charge in [0.05, 0.1) is 23.3 Å². The number of thioether (sulfide) groups is 1. The van der Waals surface area contributed by atoms with Crippen LogP contribution >= 0.6 is 23.1 Å². The highest BCUT2D eigenvalue weighted by atomic mass is 32.2. The lowest BCUT2D eigenvalue weighted by Gasteiger charge is -2.35.